The van der Waals surface area contributed by atoms with Crippen LogP contribution in [0.3, 0.4) is 0 Å². The molecule has 0 saturated carbocycles. The van der Waals surface area contributed by atoms with Crippen LogP contribution in [0.25, 0.3) is 44.2 Å². The molecule has 64 heavy (non-hydrogen) atoms. The number of aromatic amines is 2. The van der Waals surface area contributed by atoms with E-state index in [0.717, 1.165) is 87.6 Å². The van der Waals surface area contributed by atoms with Gasteiger partial charge < -0.3 is 44.6 Å². The van der Waals surface area contributed by atoms with Crippen LogP contribution >= 0.6 is 0 Å². The number of benzene rings is 4. The summed E-state index contributed by atoms with van der Waals surface area (Å²) in [6.07, 6.45) is 4.38. The van der Waals surface area contributed by atoms with E-state index in [9.17, 15) is 19.2 Å². The van der Waals surface area contributed by atoms with Crippen LogP contribution < -0.4 is 15.4 Å². The van der Waals surface area contributed by atoms with E-state index in [0.29, 0.717) is 23.8 Å². The molecular weight excluding hydrogens is 813 g/mol. The number of alkyl carbamates (subject to hydrolysis) is 2. The van der Waals surface area contributed by atoms with Gasteiger partial charge in [-0.3, -0.25) is 9.59 Å². The van der Waals surface area contributed by atoms with Crippen molar-refractivity contribution in [2.45, 2.75) is 103 Å². The maximum atomic E-state index is 14.5. The number of carbonyl (C=O) groups excluding carboxylic acids is 4. The third-order valence-corrected chi connectivity index (χ3v) is 13.3. The highest BCUT2D eigenvalue weighted by atomic mass is 16.5. The third kappa shape index (κ3) is 7.66. The van der Waals surface area contributed by atoms with Crippen molar-refractivity contribution in [2.24, 2.45) is 5.92 Å². The largest absolute Gasteiger partial charge is 0.488 e. The molecule has 4 N–H and O–H groups in total. The number of hydrogen-bond acceptors (Lipinski definition) is 9. The van der Waals surface area contributed by atoms with Crippen LogP contribution in [0.5, 0.6) is 5.75 Å². The van der Waals surface area contributed by atoms with Gasteiger partial charge in [0.2, 0.25) is 5.91 Å². The van der Waals surface area contributed by atoms with E-state index in [-0.39, 0.29) is 41.9 Å². The van der Waals surface area contributed by atoms with Crippen LogP contribution in [0.4, 0.5) is 9.59 Å². The fourth-order valence-electron chi connectivity index (χ4n) is 9.91. The minimum atomic E-state index is -0.918. The molecular formula is C49H54N8O7. The molecule has 332 valence electrons. The number of aromatic nitrogens is 4. The molecule has 4 aromatic carbocycles. The number of ether oxygens (including phenoxy) is 3. The van der Waals surface area contributed by atoms with Crippen LogP contribution in [0, 0.1) is 5.92 Å². The van der Waals surface area contributed by atoms with Gasteiger partial charge in [-0.15, -0.1) is 0 Å². The Labute approximate surface area is 371 Å². The van der Waals surface area contributed by atoms with Gasteiger partial charge in [-0.1, -0.05) is 69.3 Å². The lowest BCUT2D eigenvalue weighted by Gasteiger charge is -2.32. The van der Waals surface area contributed by atoms with Crippen molar-refractivity contribution in [3.05, 3.63) is 102 Å². The fourth-order valence-corrected chi connectivity index (χ4v) is 9.91. The van der Waals surface area contributed by atoms with E-state index < -0.39 is 24.3 Å². The number of nitrogens with zero attached hydrogens (tertiary/aromatic N) is 4. The Morgan fingerprint density at radius 1 is 0.828 bits per heavy atom. The second kappa shape index (κ2) is 17.3. The van der Waals surface area contributed by atoms with Gasteiger partial charge in [0, 0.05) is 23.0 Å². The molecule has 0 spiro atoms. The van der Waals surface area contributed by atoms with Gasteiger partial charge >= 0.3 is 12.2 Å². The first-order valence-corrected chi connectivity index (χ1v) is 22.1. The molecule has 3 aliphatic rings. The molecule has 9 rings (SSSR count). The molecule has 2 unspecified atom stereocenters. The lowest BCUT2D eigenvalue weighted by Crippen LogP contribution is -2.52. The maximum absolute atomic E-state index is 14.5. The highest BCUT2D eigenvalue weighted by Crippen LogP contribution is 2.44. The molecule has 15 heteroatoms. The number of methoxy groups -OCH3 is 2. The van der Waals surface area contributed by atoms with E-state index in [2.05, 4.69) is 63.9 Å². The highest BCUT2D eigenvalue weighted by Gasteiger charge is 2.43. The number of amides is 4. The quantitative estimate of drug-likeness (QED) is 0.105. The summed E-state index contributed by atoms with van der Waals surface area (Å²) in [5.41, 5.74) is 7.22. The lowest BCUT2D eigenvalue weighted by molar-refractivity contribution is -0.138. The molecule has 3 aliphatic heterocycles. The predicted octanol–water partition coefficient (Wildman–Crippen LogP) is 8.64. The van der Waals surface area contributed by atoms with Crippen LogP contribution in [0.15, 0.2) is 79.0 Å². The second-order valence-electron chi connectivity index (χ2n) is 17.4. The predicted molar refractivity (Wildman–Crippen MR) is 241 cm³/mol. The van der Waals surface area contributed by atoms with Crippen molar-refractivity contribution in [2.75, 3.05) is 14.2 Å². The highest BCUT2D eigenvalue weighted by molar-refractivity contribution is 6.07. The summed E-state index contributed by atoms with van der Waals surface area (Å²) in [6, 6.07) is 21.6. The van der Waals surface area contributed by atoms with Crippen molar-refractivity contribution in [1.29, 1.82) is 0 Å². The summed E-state index contributed by atoms with van der Waals surface area (Å²) >= 11 is 0. The normalized spacial score (nSPS) is 20.1. The zero-order chi connectivity index (χ0) is 44.8. The summed E-state index contributed by atoms with van der Waals surface area (Å²) in [6.45, 7) is 8.29. The summed E-state index contributed by atoms with van der Waals surface area (Å²) in [7, 11) is 2.58. The molecule has 15 nitrogen and oxygen atoms in total. The van der Waals surface area contributed by atoms with E-state index >= 15 is 0 Å². The molecule has 0 radical (unpaired) electrons. The molecule has 4 amide bonds. The van der Waals surface area contributed by atoms with Gasteiger partial charge in [0.1, 0.15) is 36.1 Å². The number of likely N-dealkylation sites (tertiary alicyclic amines) is 2. The smallest absolute Gasteiger partial charge is 0.407 e. The Bertz CT molecular complexity index is 2750. The van der Waals surface area contributed by atoms with Crippen molar-refractivity contribution >= 4 is 45.8 Å². The topological polar surface area (TPSA) is 184 Å². The van der Waals surface area contributed by atoms with Crippen LogP contribution in [-0.2, 0) is 25.7 Å². The zero-order valence-electron chi connectivity index (χ0n) is 36.9. The van der Waals surface area contributed by atoms with Gasteiger partial charge in [-0.2, -0.15) is 0 Å². The summed E-state index contributed by atoms with van der Waals surface area (Å²) in [5, 5.41) is 7.45. The summed E-state index contributed by atoms with van der Waals surface area (Å²) < 4.78 is 16.2. The first-order valence-electron chi connectivity index (χ1n) is 22.1. The SMILES string of the molecule is CC[C@H]1CCC(c2nc3c(ccc4cc5c(cc43)OCc3cc(-c4cnc(C6CC[C@H](C)N6C(=O)[C@@H](NC(=O)OC)C(C)C)[nH]4)ccc3-5)[nH]2)N1C(=O)[C@H](NC(=O)OC)c1ccccc1. The van der Waals surface area contributed by atoms with Crippen molar-refractivity contribution < 1.29 is 33.4 Å². The number of nitrogens with one attached hydrogen (secondary N) is 4. The average molecular weight is 867 g/mol. The summed E-state index contributed by atoms with van der Waals surface area (Å²) in [5.74, 6) is 1.68. The first kappa shape index (κ1) is 42.4. The molecule has 0 bridgehead atoms. The lowest BCUT2D eigenvalue weighted by atomic mass is 9.92. The first-order chi connectivity index (χ1) is 31.0. The van der Waals surface area contributed by atoms with Crippen molar-refractivity contribution in [3.8, 4) is 28.1 Å². The molecule has 6 atom stereocenters. The molecule has 5 heterocycles. The number of carbonyl (C=O) groups is 4. The molecule has 2 saturated heterocycles. The molecule has 2 fully saturated rings. The minimum absolute atomic E-state index is 0.0201. The molecule has 2 aromatic heterocycles. The zero-order valence-corrected chi connectivity index (χ0v) is 36.9. The van der Waals surface area contributed by atoms with Gasteiger partial charge in [-0.25, -0.2) is 19.6 Å². The third-order valence-electron chi connectivity index (χ3n) is 13.3. The molecule has 0 aliphatic carbocycles. The van der Waals surface area contributed by atoms with Crippen LogP contribution in [0.1, 0.15) is 101 Å². The van der Waals surface area contributed by atoms with Gasteiger partial charge in [0.25, 0.3) is 5.91 Å². The molecule has 6 aromatic rings. The standard InChI is InChI=1S/C49H54N8O7/c1-7-32-16-20-39(57(32)47(59)42(55-49(61)63-6)28-11-9-8-10-12-28)45-51-36-18-15-29-22-35-33-17-14-30(21-31(33)25-64-40(35)23-34(29)43(36)53-45)37-24-50-44(52-37)38-19-13-27(4)56(38)46(58)41(26(2)3)54-48(60)62-5/h8-12,14-15,17-18,21-24,26-27,32,38-39,41-42H,7,13,16,19-20,25H2,1-6H3,(H,50,52)(H,51,53)(H,54,60)(H,55,61)/t27-,32-,38?,39?,41-,42+/m0/s1. The van der Waals surface area contributed by atoms with E-state index in [1.165, 1.54) is 14.2 Å². The summed E-state index contributed by atoms with van der Waals surface area (Å²) in [4.78, 5) is 73.7. The Kier molecular flexibility index (Phi) is 11.5. The Morgan fingerprint density at radius 2 is 1.58 bits per heavy atom. The van der Waals surface area contributed by atoms with Crippen molar-refractivity contribution in [3.63, 3.8) is 0 Å². The fraction of sp³-hybridized carbons (Fsp3) is 0.388. The van der Waals surface area contributed by atoms with E-state index in [1.54, 1.807) is 0 Å². The number of rotatable bonds is 10. The maximum Gasteiger partial charge on any atom is 0.407 e. The number of H-pyrrole nitrogens is 2. The Hall–Kier alpha value is -6.90. The van der Waals surface area contributed by atoms with E-state index in [4.69, 9.17) is 24.2 Å². The average Bonchev–Trinajstić information content (AvgIpc) is 4.14. The van der Waals surface area contributed by atoms with Crippen molar-refractivity contribution in [1.82, 2.24) is 40.4 Å². The number of fused-ring (bicyclic) bond motifs is 6. The van der Waals surface area contributed by atoms with Gasteiger partial charge in [0.15, 0.2) is 0 Å². The van der Waals surface area contributed by atoms with Crippen LogP contribution in [0.2, 0.25) is 0 Å². The number of imidazole rings is 2. The van der Waals surface area contributed by atoms with E-state index in [1.807, 2.05) is 73.2 Å². The number of hydrogen-bond donors (Lipinski definition) is 4. The second-order valence-corrected chi connectivity index (χ2v) is 17.4. The minimum Gasteiger partial charge on any atom is -0.488 e. The van der Waals surface area contributed by atoms with Gasteiger partial charge in [-0.05, 0) is 96.9 Å². The Morgan fingerprint density at radius 3 is 2.33 bits per heavy atom. The Balaban J connectivity index is 0.979. The monoisotopic (exact) mass is 866 g/mol. The van der Waals surface area contributed by atoms with Gasteiger partial charge in [0.05, 0.1) is 49.2 Å². The van der Waals surface area contributed by atoms with Crippen LogP contribution in [-0.4, -0.2) is 86.1 Å².